The number of nitrogens with zero attached hydrogens (tertiary/aromatic N) is 2. The first kappa shape index (κ1) is 10.5. The summed E-state index contributed by atoms with van der Waals surface area (Å²) < 4.78 is 12.8. The Morgan fingerprint density at radius 2 is 1.81 bits per heavy atom. The highest BCUT2D eigenvalue weighted by molar-refractivity contribution is 5.70. The molecule has 2 rings (SSSR count). The Morgan fingerprint density at radius 3 is 2.50 bits per heavy atom. The van der Waals surface area contributed by atoms with E-state index in [9.17, 15) is 4.39 Å². The van der Waals surface area contributed by atoms with E-state index < -0.39 is 0 Å². The smallest absolute Gasteiger partial charge is 0.152 e. The molecule has 82 valence electrons. The van der Waals surface area contributed by atoms with Gasteiger partial charge in [0, 0.05) is 24.5 Å². The van der Waals surface area contributed by atoms with Crippen LogP contribution in [0.25, 0.3) is 11.3 Å². The van der Waals surface area contributed by atoms with Crippen molar-refractivity contribution in [2.75, 3.05) is 11.9 Å². The molecule has 0 radical (unpaired) electrons. The number of anilines is 1. The molecule has 0 bridgehead atoms. The number of hydrogen-bond donors (Lipinski definition) is 1. The largest absolute Gasteiger partial charge is 0.369 e. The van der Waals surface area contributed by atoms with Crippen LogP contribution in [-0.4, -0.2) is 16.5 Å². The lowest BCUT2D eigenvalue weighted by Crippen LogP contribution is -2.02. The van der Waals surface area contributed by atoms with Crippen molar-refractivity contribution in [2.24, 2.45) is 0 Å². The van der Waals surface area contributed by atoms with Crippen LogP contribution in [-0.2, 0) is 0 Å². The van der Waals surface area contributed by atoms with Crippen LogP contribution in [0.1, 0.15) is 6.92 Å². The standard InChI is InChI=1S/C12H12FN3/c1-2-14-12-11(15-7-8-16-12)9-3-5-10(13)6-4-9/h3-8H,2H2,1H3,(H,14,16). The molecule has 0 saturated heterocycles. The van der Waals surface area contributed by atoms with E-state index in [0.717, 1.165) is 23.6 Å². The van der Waals surface area contributed by atoms with Crippen molar-refractivity contribution in [2.45, 2.75) is 6.92 Å². The monoisotopic (exact) mass is 217 g/mol. The molecule has 0 unspecified atom stereocenters. The fraction of sp³-hybridized carbons (Fsp3) is 0.167. The Labute approximate surface area is 93.4 Å². The Balaban J connectivity index is 2.42. The Kier molecular flexibility index (Phi) is 3.10. The molecule has 0 aliphatic rings. The van der Waals surface area contributed by atoms with Gasteiger partial charge in [0.15, 0.2) is 5.82 Å². The molecule has 0 amide bonds. The van der Waals surface area contributed by atoms with Crippen molar-refractivity contribution in [3.8, 4) is 11.3 Å². The molecule has 0 fully saturated rings. The zero-order chi connectivity index (χ0) is 11.4. The van der Waals surface area contributed by atoms with Crippen LogP contribution >= 0.6 is 0 Å². The van der Waals surface area contributed by atoms with E-state index in [1.54, 1.807) is 24.5 Å². The minimum Gasteiger partial charge on any atom is -0.369 e. The zero-order valence-electron chi connectivity index (χ0n) is 8.94. The third-order valence-electron chi connectivity index (χ3n) is 2.16. The van der Waals surface area contributed by atoms with Gasteiger partial charge in [0.05, 0.1) is 0 Å². The van der Waals surface area contributed by atoms with Gasteiger partial charge in [-0.25, -0.2) is 9.37 Å². The normalized spacial score (nSPS) is 10.1. The van der Waals surface area contributed by atoms with E-state index in [4.69, 9.17) is 0 Å². The summed E-state index contributed by atoms with van der Waals surface area (Å²) in [6.07, 6.45) is 3.25. The molecular formula is C12H12FN3. The Morgan fingerprint density at radius 1 is 1.12 bits per heavy atom. The number of benzene rings is 1. The molecule has 0 aliphatic carbocycles. The minimum atomic E-state index is -0.252. The average molecular weight is 217 g/mol. The lowest BCUT2D eigenvalue weighted by Gasteiger charge is -2.07. The lowest BCUT2D eigenvalue weighted by molar-refractivity contribution is 0.628. The van der Waals surface area contributed by atoms with E-state index in [0.29, 0.717) is 0 Å². The van der Waals surface area contributed by atoms with E-state index in [2.05, 4.69) is 15.3 Å². The van der Waals surface area contributed by atoms with Crippen LogP contribution in [0.2, 0.25) is 0 Å². The first-order chi connectivity index (χ1) is 7.81. The fourth-order valence-corrected chi connectivity index (χ4v) is 1.45. The second kappa shape index (κ2) is 4.70. The molecule has 1 heterocycles. The summed E-state index contributed by atoms with van der Waals surface area (Å²) in [5.41, 5.74) is 1.59. The molecule has 1 N–H and O–H groups in total. The lowest BCUT2D eigenvalue weighted by atomic mass is 10.1. The van der Waals surface area contributed by atoms with Crippen molar-refractivity contribution >= 4 is 5.82 Å². The maximum Gasteiger partial charge on any atom is 0.152 e. The predicted octanol–water partition coefficient (Wildman–Crippen LogP) is 2.71. The maximum absolute atomic E-state index is 12.8. The number of hydrogen-bond acceptors (Lipinski definition) is 3. The summed E-state index contributed by atoms with van der Waals surface area (Å²) in [7, 11) is 0. The summed E-state index contributed by atoms with van der Waals surface area (Å²) in [6, 6.07) is 6.22. The Hall–Kier alpha value is -1.97. The average Bonchev–Trinajstić information content (AvgIpc) is 2.32. The second-order valence-corrected chi connectivity index (χ2v) is 3.29. The highest BCUT2D eigenvalue weighted by atomic mass is 19.1. The molecular weight excluding hydrogens is 205 g/mol. The summed E-state index contributed by atoms with van der Waals surface area (Å²) in [6.45, 7) is 2.76. The van der Waals surface area contributed by atoms with Gasteiger partial charge in [-0.05, 0) is 31.2 Å². The summed E-state index contributed by atoms with van der Waals surface area (Å²) >= 11 is 0. The number of rotatable bonds is 3. The van der Waals surface area contributed by atoms with Crippen LogP contribution in [0.4, 0.5) is 10.2 Å². The molecule has 1 aromatic carbocycles. The van der Waals surface area contributed by atoms with Crippen molar-refractivity contribution in [3.05, 3.63) is 42.5 Å². The van der Waals surface area contributed by atoms with Crippen LogP contribution in [0.3, 0.4) is 0 Å². The zero-order valence-corrected chi connectivity index (χ0v) is 8.94. The molecule has 0 atom stereocenters. The predicted molar refractivity (Wildman–Crippen MR) is 61.6 cm³/mol. The van der Waals surface area contributed by atoms with E-state index in [-0.39, 0.29) is 5.82 Å². The van der Waals surface area contributed by atoms with Gasteiger partial charge in [-0.2, -0.15) is 0 Å². The van der Waals surface area contributed by atoms with Crippen LogP contribution in [0, 0.1) is 5.82 Å². The quantitative estimate of drug-likeness (QED) is 0.859. The SMILES string of the molecule is CCNc1nccnc1-c1ccc(F)cc1. The van der Waals surface area contributed by atoms with Gasteiger partial charge in [-0.15, -0.1) is 0 Å². The van der Waals surface area contributed by atoms with E-state index in [1.165, 1.54) is 12.1 Å². The van der Waals surface area contributed by atoms with E-state index in [1.807, 2.05) is 6.92 Å². The Bertz CT molecular complexity index is 468. The fourth-order valence-electron chi connectivity index (χ4n) is 1.45. The molecule has 0 saturated carbocycles. The van der Waals surface area contributed by atoms with Crippen molar-refractivity contribution in [1.29, 1.82) is 0 Å². The third-order valence-corrected chi connectivity index (χ3v) is 2.16. The van der Waals surface area contributed by atoms with Gasteiger partial charge in [0.1, 0.15) is 11.5 Å². The van der Waals surface area contributed by atoms with Crippen LogP contribution < -0.4 is 5.32 Å². The first-order valence-corrected chi connectivity index (χ1v) is 5.12. The van der Waals surface area contributed by atoms with Crippen molar-refractivity contribution in [3.63, 3.8) is 0 Å². The highest BCUT2D eigenvalue weighted by Gasteiger charge is 2.06. The van der Waals surface area contributed by atoms with Gasteiger partial charge in [-0.3, -0.25) is 4.98 Å². The second-order valence-electron chi connectivity index (χ2n) is 3.29. The first-order valence-electron chi connectivity index (χ1n) is 5.12. The van der Waals surface area contributed by atoms with Crippen LogP contribution in [0.5, 0.6) is 0 Å². The van der Waals surface area contributed by atoms with Gasteiger partial charge in [0.2, 0.25) is 0 Å². The van der Waals surface area contributed by atoms with Gasteiger partial charge >= 0.3 is 0 Å². The number of halogens is 1. The van der Waals surface area contributed by atoms with Crippen molar-refractivity contribution < 1.29 is 4.39 Å². The van der Waals surface area contributed by atoms with Crippen LogP contribution in [0.15, 0.2) is 36.7 Å². The molecule has 0 aliphatic heterocycles. The number of nitrogens with one attached hydrogen (secondary N) is 1. The third kappa shape index (κ3) is 2.16. The van der Waals surface area contributed by atoms with Gasteiger partial charge < -0.3 is 5.32 Å². The molecule has 4 heteroatoms. The molecule has 3 nitrogen and oxygen atoms in total. The summed E-state index contributed by atoms with van der Waals surface area (Å²) in [5.74, 6) is 0.467. The molecule has 16 heavy (non-hydrogen) atoms. The molecule has 0 spiro atoms. The van der Waals surface area contributed by atoms with Gasteiger partial charge in [0.25, 0.3) is 0 Å². The summed E-state index contributed by atoms with van der Waals surface area (Å²) in [4.78, 5) is 8.45. The summed E-state index contributed by atoms with van der Waals surface area (Å²) in [5, 5.41) is 3.12. The number of aromatic nitrogens is 2. The molecule has 1 aromatic heterocycles. The highest BCUT2D eigenvalue weighted by Crippen LogP contribution is 2.23. The minimum absolute atomic E-state index is 0.252. The maximum atomic E-state index is 12.8. The van der Waals surface area contributed by atoms with Gasteiger partial charge in [-0.1, -0.05) is 0 Å². The topological polar surface area (TPSA) is 37.8 Å². The molecule has 2 aromatic rings. The van der Waals surface area contributed by atoms with Crippen molar-refractivity contribution in [1.82, 2.24) is 9.97 Å². The van der Waals surface area contributed by atoms with E-state index >= 15 is 0 Å².